The van der Waals surface area contributed by atoms with Crippen LogP contribution in [0.15, 0.2) is 60.2 Å². The number of rotatable bonds is 7. The predicted octanol–water partition coefficient (Wildman–Crippen LogP) is 2.71. The Hall–Kier alpha value is -3.68. The molecule has 0 aliphatic rings. The average molecular weight is 365 g/mol. The number of amides is 1. The van der Waals surface area contributed by atoms with Crippen LogP contribution < -0.4 is 14.8 Å². The highest BCUT2D eigenvalue weighted by Gasteiger charge is 2.06. The number of nitrogens with one attached hydrogen (secondary N) is 1. The van der Waals surface area contributed by atoms with Gasteiger partial charge in [-0.15, -0.1) is 9.89 Å². The third-order valence-corrected chi connectivity index (χ3v) is 3.61. The molecule has 0 saturated heterocycles. The molecule has 0 saturated carbocycles. The van der Waals surface area contributed by atoms with Crippen molar-refractivity contribution >= 4 is 17.8 Å². The van der Waals surface area contributed by atoms with Gasteiger partial charge in [-0.2, -0.15) is 5.10 Å². The molecular weight excluding hydrogens is 346 g/mol. The summed E-state index contributed by atoms with van der Waals surface area (Å²) in [5.74, 6) is 1.30. The fraction of sp³-hybridized carbons (Fsp3) is 0.158. The first-order chi connectivity index (χ1) is 13.1. The molecule has 138 valence electrons. The van der Waals surface area contributed by atoms with Gasteiger partial charge in [0.15, 0.2) is 0 Å². The molecule has 1 N–H and O–H groups in total. The number of ether oxygens (including phenoxy) is 2. The summed E-state index contributed by atoms with van der Waals surface area (Å²) in [6, 6.07) is 12.9. The molecule has 3 aromatic rings. The third-order valence-electron chi connectivity index (χ3n) is 3.61. The van der Waals surface area contributed by atoms with Gasteiger partial charge >= 0.3 is 0 Å². The highest BCUT2D eigenvalue weighted by atomic mass is 16.5. The minimum absolute atomic E-state index is 0.113. The Labute approximate surface area is 156 Å². The Morgan fingerprint density at radius 2 is 2.07 bits per heavy atom. The van der Waals surface area contributed by atoms with E-state index in [0.29, 0.717) is 12.4 Å². The van der Waals surface area contributed by atoms with Gasteiger partial charge in [-0.25, -0.2) is 4.98 Å². The summed E-state index contributed by atoms with van der Waals surface area (Å²) in [6.07, 6.45) is 4.61. The molecule has 1 aromatic heterocycles. The lowest BCUT2D eigenvalue weighted by Crippen LogP contribution is -2.05. The Bertz CT molecular complexity index is 921. The summed E-state index contributed by atoms with van der Waals surface area (Å²) in [7, 11) is 1.62. The van der Waals surface area contributed by atoms with Gasteiger partial charge in [-0.05, 0) is 48.0 Å². The van der Waals surface area contributed by atoms with Crippen molar-refractivity contribution in [2.75, 3.05) is 12.4 Å². The standard InChI is InChI=1S/C19H19N5O3/c1-14(25)23-17-4-6-18(7-5-17)27-11-16-9-15(3-8-19(16)26-2)10-21-24-13-20-12-22-24/h3-10,12-13H,11H2,1-2H3,(H,23,25). The van der Waals surface area contributed by atoms with Crippen LogP contribution in [-0.4, -0.2) is 34.1 Å². The van der Waals surface area contributed by atoms with Gasteiger partial charge in [0.1, 0.15) is 30.8 Å². The molecule has 0 bridgehead atoms. The second kappa shape index (κ2) is 8.61. The van der Waals surface area contributed by atoms with E-state index in [4.69, 9.17) is 9.47 Å². The van der Waals surface area contributed by atoms with Gasteiger partial charge in [0.25, 0.3) is 0 Å². The number of hydrogen-bond acceptors (Lipinski definition) is 6. The molecule has 0 fully saturated rings. The van der Waals surface area contributed by atoms with Crippen LogP contribution in [0.3, 0.4) is 0 Å². The minimum atomic E-state index is -0.113. The second-order valence-electron chi connectivity index (χ2n) is 5.63. The summed E-state index contributed by atoms with van der Waals surface area (Å²) in [6.45, 7) is 1.80. The number of aromatic nitrogens is 3. The predicted molar refractivity (Wildman–Crippen MR) is 101 cm³/mol. The highest BCUT2D eigenvalue weighted by molar-refractivity contribution is 5.88. The largest absolute Gasteiger partial charge is 0.496 e. The number of nitrogens with zero attached hydrogens (tertiary/aromatic N) is 4. The van der Waals surface area contributed by atoms with Gasteiger partial charge in [-0.1, -0.05) is 0 Å². The zero-order valence-corrected chi connectivity index (χ0v) is 15.0. The van der Waals surface area contributed by atoms with Crippen LogP contribution >= 0.6 is 0 Å². The first kappa shape index (κ1) is 18.1. The van der Waals surface area contributed by atoms with E-state index < -0.39 is 0 Å². The van der Waals surface area contributed by atoms with Crippen molar-refractivity contribution < 1.29 is 14.3 Å². The fourth-order valence-corrected chi connectivity index (χ4v) is 2.38. The molecule has 0 aliphatic carbocycles. The average Bonchev–Trinajstić information content (AvgIpc) is 3.19. The zero-order valence-electron chi connectivity index (χ0n) is 15.0. The number of hydrogen-bond donors (Lipinski definition) is 1. The van der Waals surface area contributed by atoms with E-state index >= 15 is 0 Å². The smallest absolute Gasteiger partial charge is 0.221 e. The van der Waals surface area contributed by atoms with Crippen molar-refractivity contribution in [3.8, 4) is 11.5 Å². The van der Waals surface area contributed by atoms with Crippen LogP contribution in [0.25, 0.3) is 0 Å². The van der Waals surface area contributed by atoms with Gasteiger partial charge in [0.2, 0.25) is 5.91 Å². The molecule has 1 amide bonds. The normalized spacial score (nSPS) is 10.7. The van der Waals surface area contributed by atoms with Gasteiger partial charge in [0, 0.05) is 18.2 Å². The SMILES string of the molecule is COc1ccc(C=Nn2cncn2)cc1COc1ccc(NC(C)=O)cc1. The third kappa shape index (κ3) is 5.15. The molecule has 0 aliphatic heterocycles. The summed E-state index contributed by atoms with van der Waals surface area (Å²) in [5.41, 5.74) is 2.48. The lowest BCUT2D eigenvalue weighted by Gasteiger charge is -2.11. The molecule has 0 atom stereocenters. The van der Waals surface area contributed by atoms with Crippen molar-refractivity contribution in [1.29, 1.82) is 0 Å². The van der Waals surface area contributed by atoms with Gasteiger partial charge in [-0.3, -0.25) is 4.79 Å². The summed E-state index contributed by atoms with van der Waals surface area (Å²) in [4.78, 5) is 16.3. The monoisotopic (exact) mass is 365 g/mol. The first-order valence-electron chi connectivity index (χ1n) is 8.20. The van der Waals surface area contributed by atoms with Crippen molar-refractivity contribution in [1.82, 2.24) is 14.9 Å². The van der Waals surface area contributed by atoms with Gasteiger partial charge < -0.3 is 14.8 Å². The molecule has 27 heavy (non-hydrogen) atoms. The summed E-state index contributed by atoms with van der Waals surface area (Å²) in [5, 5.41) is 10.8. The Morgan fingerprint density at radius 1 is 1.26 bits per heavy atom. The van der Waals surface area contributed by atoms with Crippen LogP contribution in [0.1, 0.15) is 18.1 Å². The van der Waals surface area contributed by atoms with Crippen molar-refractivity contribution in [3.63, 3.8) is 0 Å². The topological polar surface area (TPSA) is 90.6 Å². The minimum Gasteiger partial charge on any atom is -0.496 e. The van der Waals surface area contributed by atoms with E-state index in [1.54, 1.807) is 37.6 Å². The van der Waals surface area contributed by atoms with E-state index in [9.17, 15) is 4.79 Å². The zero-order chi connectivity index (χ0) is 19.1. The molecule has 0 spiro atoms. The van der Waals surface area contributed by atoms with E-state index in [2.05, 4.69) is 20.5 Å². The Morgan fingerprint density at radius 3 is 2.74 bits per heavy atom. The maximum atomic E-state index is 11.1. The Balaban J connectivity index is 1.69. The van der Waals surface area contributed by atoms with Crippen LogP contribution in [-0.2, 0) is 11.4 Å². The molecule has 2 aromatic carbocycles. The fourth-order valence-electron chi connectivity index (χ4n) is 2.38. The van der Waals surface area contributed by atoms with E-state index in [1.165, 1.54) is 24.4 Å². The van der Waals surface area contributed by atoms with Crippen LogP contribution in [0, 0.1) is 0 Å². The lowest BCUT2D eigenvalue weighted by molar-refractivity contribution is -0.114. The number of carbonyl (C=O) groups excluding carboxylic acids is 1. The van der Waals surface area contributed by atoms with Crippen LogP contribution in [0.5, 0.6) is 11.5 Å². The maximum absolute atomic E-state index is 11.1. The molecule has 8 heteroatoms. The molecular formula is C19H19N5O3. The van der Waals surface area contributed by atoms with Gasteiger partial charge in [0.05, 0.1) is 13.3 Å². The molecule has 1 heterocycles. The molecule has 3 rings (SSSR count). The van der Waals surface area contributed by atoms with Crippen molar-refractivity contribution in [3.05, 3.63) is 66.2 Å². The van der Waals surface area contributed by atoms with Crippen molar-refractivity contribution in [2.45, 2.75) is 13.5 Å². The van der Waals surface area contributed by atoms with Crippen LogP contribution in [0.2, 0.25) is 0 Å². The lowest BCUT2D eigenvalue weighted by atomic mass is 10.1. The second-order valence-corrected chi connectivity index (χ2v) is 5.63. The molecule has 0 radical (unpaired) electrons. The number of anilines is 1. The number of carbonyl (C=O) groups is 1. The van der Waals surface area contributed by atoms with Crippen LogP contribution in [0.4, 0.5) is 5.69 Å². The summed E-state index contributed by atoms with van der Waals surface area (Å²) >= 11 is 0. The van der Waals surface area contributed by atoms with Crippen molar-refractivity contribution in [2.24, 2.45) is 5.10 Å². The summed E-state index contributed by atoms with van der Waals surface area (Å²) < 4.78 is 11.2. The number of benzene rings is 2. The van der Waals surface area contributed by atoms with E-state index in [0.717, 1.165) is 22.6 Å². The Kier molecular flexibility index (Phi) is 5.78. The highest BCUT2D eigenvalue weighted by Crippen LogP contribution is 2.23. The van der Waals surface area contributed by atoms with E-state index in [-0.39, 0.29) is 5.91 Å². The maximum Gasteiger partial charge on any atom is 0.221 e. The van der Waals surface area contributed by atoms with E-state index in [1.807, 2.05) is 18.2 Å². The first-order valence-corrected chi connectivity index (χ1v) is 8.20. The quantitative estimate of drug-likeness (QED) is 0.650. The molecule has 0 unspecified atom stereocenters. The molecule has 8 nitrogen and oxygen atoms in total. The number of methoxy groups -OCH3 is 1.